The van der Waals surface area contributed by atoms with Gasteiger partial charge >= 0.3 is 5.97 Å². The van der Waals surface area contributed by atoms with Gasteiger partial charge in [0.15, 0.2) is 13.2 Å². The number of rotatable bonds is 8. The second kappa shape index (κ2) is 9.54. The van der Waals surface area contributed by atoms with Crippen LogP contribution >= 0.6 is 11.6 Å². The van der Waals surface area contributed by atoms with Crippen LogP contribution in [0.15, 0.2) is 48.5 Å². The third-order valence-corrected chi connectivity index (χ3v) is 3.58. The van der Waals surface area contributed by atoms with Crippen LogP contribution in [-0.2, 0) is 20.9 Å². The molecule has 2 aromatic carbocycles. The zero-order valence-corrected chi connectivity index (χ0v) is 14.4. The third-order valence-electron chi connectivity index (χ3n) is 3.21. The summed E-state index contributed by atoms with van der Waals surface area (Å²) in [5, 5.41) is 3.19. The van der Waals surface area contributed by atoms with Gasteiger partial charge in [-0.05, 0) is 35.9 Å². The number of ether oxygens (including phenoxy) is 3. The van der Waals surface area contributed by atoms with E-state index in [4.69, 9.17) is 25.8 Å². The molecule has 0 radical (unpaired) electrons. The van der Waals surface area contributed by atoms with E-state index in [1.54, 1.807) is 49.6 Å². The first-order valence-corrected chi connectivity index (χ1v) is 7.89. The molecule has 0 bridgehead atoms. The molecule has 0 heterocycles. The molecule has 0 aliphatic rings. The van der Waals surface area contributed by atoms with E-state index in [9.17, 15) is 9.59 Å². The standard InChI is InChI=1S/C18H18ClNO5/c1-23-14-6-8-15(9-7-14)24-12-18(22)25-11-17(21)20-10-13-4-2-3-5-16(13)19/h2-9H,10-12H2,1H3,(H,20,21). The molecule has 0 saturated heterocycles. The molecule has 0 fully saturated rings. The third kappa shape index (κ3) is 6.35. The lowest BCUT2D eigenvalue weighted by molar-refractivity contribution is -0.150. The highest BCUT2D eigenvalue weighted by Crippen LogP contribution is 2.17. The minimum absolute atomic E-state index is 0.262. The Labute approximate surface area is 150 Å². The Bertz CT molecular complexity index is 718. The number of hydrogen-bond acceptors (Lipinski definition) is 5. The van der Waals surface area contributed by atoms with Gasteiger partial charge in [0.25, 0.3) is 5.91 Å². The first-order valence-electron chi connectivity index (χ1n) is 7.51. The maximum Gasteiger partial charge on any atom is 0.344 e. The van der Waals surface area contributed by atoms with Crippen molar-refractivity contribution in [3.63, 3.8) is 0 Å². The number of benzene rings is 2. The molecule has 0 aliphatic heterocycles. The summed E-state index contributed by atoms with van der Waals surface area (Å²) in [4.78, 5) is 23.3. The summed E-state index contributed by atoms with van der Waals surface area (Å²) in [5.41, 5.74) is 0.784. The van der Waals surface area contributed by atoms with E-state index in [1.165, 1.54) is 0 Å². The van der Waals surface area contributed by atoms with Crippen LogP contribution in [0.3, 0.4) is 0 Å². The lowest BCUT2D eigenvalue weighted by Crippen LogP contribution is -2.29. The normalized spacial score (nSPS) is 10.0. The van der Waals surface area contributed by atoms with Gasteiger partial charge < -0.3 is 19.5 Å². The zero-order valence-electron chi connectivity index (χ0n) is 13.7. The fraction of sp³-hybridized carbons (Fsp3) is 0.222. The highest BCUT2D eigenvalue weighted by atomic mass is 35.5. The topological polar surface area (TPSA) is 73.9 Å². The second-order valence-corrected chi connectivity index (χ2v) is 5.40. The van der Waals surface area contributed by atoms with E-state index in [-0.39, 0.29) is 19.8 Å². The molecule has 0 aliphatic carbocycles. The van der Waals surface area contributed by atoms with Crippen molar-refractivity contribution in [2.45, 2.75) is 6.54 Å². The van der Waals surface area contributed by atoms with E-state index < -0.39 is 11.9 Å². The molecule has 6 nitrogen and oxygen atoms in total. The van der Waals surface area contributed by atoms with Crippen LogP contribution in [-0.4, -0.2) is 32.2 Å². The molecule has 2 aromatic rings. The molecular formula is C18H18ClNO5. The van der Waals surface area contributed by atoms with Crippen molar-refractivity contribution in [1.82, 2.24) is 5.32 Å². The van der Waals surface area contributed by atoms with Gasteiger partial charge in [0.1, 0.15) is 11.5 Å². The number of carbonyl (C=O) groups excluding carboxylic acids is 2. The zero-order chi connectivity index (χ0) is 18.1. The van der Waals surface area contributed by atoms with Crippen LogP contribution < -0.4 is 14.8 Å². The van der Waals surface area contributed by atoms with Gasteiger partial charge in [0.2, 0.25) is 0 Å². The van der Waals surface area contributed by atoms with Crippen molar-refractivity contribution in [2.24, 2.45) is 0 Å². The average Bonchev–Trinajstić information content (AvgIpc) is 2.64. The maximum absolute atomic E-state index is 11.7. The number of amides is 1. The molecule has 132 valence electrons. The molecule has 1 amide bonds. The number of esters is 1. The smallest absolute Gasteiger partial charge is 0.344 e. The van der Waals surface area contributed by atoms with E-state index >= 15 is 0 Å². The number of nitrogens with one attached hydrogen (secondary N) is 1. The Hall–Kier alpha value is -2.73. The van der Waals surface area contributed by atoms with Gasteiger partial charge in [0.05, 0.1) is 7.11 Å². The minimum atomic E-state index is -0.635. The fourth-order valence-corrected chi connectivity index (χ4v) is 2.09. The van der Waals surface area contributed by atoms with Crippen molar-refractivity contribution in [2.75, 3.05) is 20.3 Å². The highest BCUT2D eigenvalue weighted by molar-refractivity contribution is 6.31. The molecule has 0 unspecified atom stereocenters. The predicted octanol–water partition coefficient (Wildman–Crippen LogP) is 2.59. The van der Waals surface area contributed by atoms with E-state index in [0.717, 1.165) is 5.56 Å². The second-order valence-electron chi connectivity index (χ2n) is 4.99. The van der Waals surface area contributed by atoms with Crippen molar-refractivity contribution >= 4 is 23.5 Å². The monoisotopic (exact) mass is 363 g/mol. The summed E-state index contributed by atoms with van der Waals surface area (Å²) in [6, 6.07) is 13.9. The van der Waals surface area contributed by atoms with Crippen molar-refractivity contribution in [1.29, 1.82) is 0 Å². The van der Waals surface area contributed by atoms with E-state index in [1.807, 2.05) is 6.07 Å². The SMILES string of the molecule is COc1ccc(OCC(=O)OCC(=O)NCc2ccccc2Cl)cc1. The highest BCUT2D eigenvalue weighted by Gasteiger charge is 2.09. The van der Waals surface area contributed by atoms with Crippen LogP contribution in [0.2, 0.25) is 5.02 Å². The van der Waals surface area contributed by atoms with Gasteiger partial charge in [-0.2, -0.15) is 0 Å². The molecule has 25 heavy (non-hydrogen) atoms. The molecule has 2 rings (SSSR count). The summed E-state index contributed by atoms with van der Waals surface area (Å²) in [7, 11) is 1.56. The van der Waals surface area contributed by atoms with Gasteiger partial charge in [0, 0.05) is 11.6 Å². The Morgan fingerprint density at radius 3 is 2.36 bits per heavy atom. The van der Waals surface area contributed by atoms with Gasteiger partial charge in [-0.15, -0.1) is 0 Å². The molecule has 0 aromatic heterocycles. The summed E-state index contributed by atoms with van der Waals surface area (Å²) in [6.45, 7) is -0.405. The maximum atomic E-state index is 11.7. The molecular weight excluding hydrogens is 346 g/mol. The Kier molecular flexibility index (Phi) is 7.10. The number of methoxy groups -OCH3 is 1. The Morgan fingerprint density at radius 2 is 1.68 bits per heavy atom. The summed E-state index contributed by atoms with van der Waals surface area (Å²) >= 11 is 5.99. The number of carbonyl (C=O) groups is 2. The molecule has 0 atom stereocenters. The van der Waals surface area contributed by atoms with Crippen LogP contribution in [0.5, 0.6) is 11.5 Å². The fourth-order valence-electron chi connectivity index (χ4n) is 1.89. The number of hydrogen-bond donors (Lipinski definition) is 1. The first kappa shape index (κ1) is 18.6. The minimum Gasteiger partial charge on any atom is -0.497 e. The van der Waals surface area contributed by atoms with E-state index in [0.29, 0.717) is 16.5 Å². The quantitative estimate of drug-likeness (QED) is 0.730. The lowest BCUT2D eigenvalue weighted by Gasteiger charge is -2.09. The molecule has 0 spiro atoms. The van der Waals surface area contributed by atoms with Crippen molar-refractivity contribution in [3.05, 3.63) is 59.1 Å². The molecule has 7 heteroatoms. The molecule has 1 N–H and O–H groups in total. The largest absolute Gasteiger partial charge is 0.497 e. The van der Waals surface area contributed by atoms with Gasteiger partial charge in [-0.25, -0.2) is 4.79 Å². The molecule has 0 saturated carbocycles. The first-order chi connectivity index (χ1) is 12.1. The Morgan fingerprint density at radius 1 is 1.00 bits per heavy atom. The van der Waals surface area contributed by atoms with Gasteiger partial charge in [-0.3, -0.25) is 4.79 Å². The summed E-state index contributed by atoms with van der Waals surface area (Å²) in [5.74, 6) is 0.132. The lowest BCUT2D eigenvalue weighted by atomic mass is 10.2. The van der Waals surface area contributed by atoms with Crippen LogP contribution in [0.4, 0.5) is 0 Å². The summed E-state index contributed by atoms with van der Waals surface area (Å²) < 4.78 is 15.1. The Balaban J connectivity index is 1.66. The van der Waals surface area contributed by atoms with Gasteiger partial charge in [-0.1, -0.05) is 29.8 Å². The van der Waals surface area contributed by atoms with Crippen LogP contribution in [0.1, 0.15) is 5.56 Å². The average molecular weight is 364 g/mol. The van der Waals surface area contributed by atoms with Crippen molar-refractivity contribution < 1.29 is 23.8 Å². The van der Waals surface area contributed by atoms with Crippen molar-refractivity contribution in [3.8, 4) is 11.5 Å². The number of halogens is 1. The predicted molar refractivity (Wildman–Crippen MR) is 92.7 cm³/mol. The van der Waals surface area contributed by atoms with Crippen LogP contribution in [0, 0.1) is 0 Å². The summed E-state index contributed by atoms with van der Waals surface area (Å²) in [6.07, 6.45) is 0. The van der Waals surface area contributed by atoms with Crippen LogP contribution in [0.25, 0.3) is 0 Å². The van der Waals surface area contributed by atoms with E-state index in [2.05, 4.69) is 5.32 Å².